The Morgan fingerprint density at radius 3 is 2.17 bits per heavy atom. The van der Waals surface area contributed by atoms with Gasteiger partial charge in [0.15, 0.2) is 0 Å². The summed E-state index contributed by atoms with van der Waals surface area (Å²) in [6, 6.07) is 6.92. The van der Waals surface area contributed by atoms with E-state index in [9.17, 15) is 14.4 Å². The van der Waals surface area contributed by atoms with Gasteiger partial charge >= 0.3 is 0 Å². The smallest absolute Gasteiger partial charge is 0.249 e. The molecule has 3 rings (SSSR count). The lowest BCUT2D eigenvalue weighted by Gasteiger charge is -2.39. The van der Waals surface area contributed by atoms with Gasteiger partial charge in [0.05, 0.1) is 22.8 Å². The highest BCUT2D eigenvalue weighted by atomic mass is 35.5. The minimum absolute atomic E-state index is 0.0138. The van der Waals surface area contributed by atoms with E-state index in [-0.39, 0.29) is 47.7 Å². The molecule has 0 bridgehead atoms. The van der Waals surface area contributed by atoms with Crippen molar-refractivity contribution in [2.45, 2.75) is 91.9 Å². The van der Waals surface area contributed by atoms with Gasteiger partial charge in [0, 0.05) is 44.8 Å². The van der Waals surface area contributed by atoms with Gasteiger partial charge in [0.2, 0.25) is 17.7 Å². The average Bonchev–Trinajstić information content (AvgIpc) is 2.97. The number of carbonyl (C=O) groups excluding carboxylic acids is 3. The van der Waals surface area contributed by atoms with Crippen LogP contribution in [0.25, 0.3) is 0 Å². The quantitative estimate of drug-likeness (QED) is 0.389. The van der Waals surface area contributed by atoms with Crippen LogP contribution in [0.15, 0.2) is 35.9 Å². The first-order valence-electron chi connectivity index (χ1n) is 15.6. The Balaban J connectivity index is 1.68. The van der Waals surface area contributed by atoms with Crippen LogP contribution in [-0.4, -0.2) is 96.4 Å². The Bertz CT molecular complexity index is 1110. The third-order valence-electron chi connectivity index (χ3n) is 8.74. The van der Waals surface area contributed by atoms with E-state index in [1.807, 2.05) is 56.0 Å². The molecule has 1 unspecified atom stereocenters. The van der Waals surface area contributed by atoms with E-state index in [0.717, 1.165) is 31.5 Å². The van der Waals surface area contributed by atoms with Crippen LogP contribution in [0.4, 0.5) is 5.69 Å². The number of hydrogen-bond acceptors (Lipinski definition) is 5. The summed E-state index contributed by atoms with van der Waals surface area (Å²) in [5.41, 5.74) is 1.62. The van der Waals surface area contributed by atoms with Gasteiger partial charge in [0.25, 0.3) is 0 Å². The molecule has 8 nitrogen and oxygen atoms in total. The highest BCUT2D eigenvalue weighted by Crippen LogP contribution is 2.27. The number of amides is 3. The Morgan fingerprint density at radius 1 is 0.952 bits per heavy atom. The fourth-order valence-electron chi connectivity index (χ4n) is 6.17. The number of likely N-dealkylation sites (tertiary alicyclic amines) is 1. The van der Waals surface area contributed by atoms with Crippen molar-refractivity contribution in [3.8, 4) is 0 Å². The molecule has 3 amide bonds. The van der Waals surface area contributed by atoms with Gasteiger partial charge in [-0.1, -0.05) is 63.9 Å². The standard InChI is InChI=1S/C33H52ClN5O3/c1-22(2)29(21-25(7)32(41)38-19-17-37(18-20-38)27-14-10-9-13-26(27)34)36(8)33(42)30(23(3)4)35-31(40)28-15-11-12-16-39(28)24(5)6/h9-10,13-14,21-24,28-30H,11-12,15-20H2,1-8H3,(H,35,40)/t28?,29-,30+/m1/s1. The van der Waals surface area contributed by atoms with E-state index in [2.05, 4.69) is 42.8 Å². The maximum atomic E-state index is 13.9. The maximum Gasteiger partial charge on any atom is 0.249 e. The van der Waals surface area contributed by atoms with Crippen LogP contribution in [-0.2, 0) is 14.4 Å². The lowest BCUT2D eigenvalue weighted by Crippen LogP contribution is -2.58. The molecule has 42 heavy (non-hydrogen) atoms. The van der Waals surface area contributed by atoms with Crippen molar-refractivity contribution in [2.24, 2.45) is 11.8 Å². The van der Waals surface area contributed by atoms with E-state index < -0.39 is 6.04 Å². The van der Waals surface area contributed by atoms with Crippen LogP contribution in [0.1, 0.15) is 67.7 Å². The predicted octanol–water partition coefficient (Wildman–Crippen LogP) is 4.82. The summed E-state index contributed by atoms with van der Waals surface area (Å²) in [5.74, 6) is -0.206. The number of nitrogens with one attached hydrogen (secondary N) is 1. The number of benzene rings is 1. The Hall–Kier alpha value is -2.58. The molecule has 1 aromatic carbocycles. The summed E-state index contributed by atoms with van der Waals surface area (Å²) in [4.78, 5) is 48.8. The lowest BCUT2D eigenvalue weighted by atomic mass is 9.95. The number of hydrogen-bond donors (Lipinski definition) is 1. The Morgan fingerprint density at radius 2 is 1.60 bits per heavy atom. The fraction of sp³-hybridized carbons (Fsp3) is 0.667. The van der Waals surface area contributed by atoms with Crippen molar-refractivity contribution in [3.05, 3.63) is 40.9 Å². The molecule has 3 atom stereocenters. The molecule has 1 N–H and O–H groups in total. The first-order valence-corrected chi connectivity index (χ1v) is 16.0. The maximum absolute atomic E-state index is 13.9. The molecule has 1 aromatic rings. The van der Waals surface area contributed by atoms with Crippen LogP contribution < -0.4 is 10.2 Å². The summed E-state index contributed by atoms with van der Waals surface area (Å²) in [7, 11) is 1.78. The topological polar surface area (TPSA) is 76.2 Å². The molecule has 2 fully saturated rings. The molecule has 2 aliphatic rings. The number of likely N-dealkylation sites (N-methyl/N-ethyl adjacent to an activating group) is 1. The number of nitrogens with zero attached hydrogens (tertiary/aromatic N) is 4. The lowest BCUT2D eigenvalue weighted by molar-refractivity contribution is -0.140. The minimum atomic E-state index is -0.637. The molecule has 0 saturated carbocycles. The minimum Gasteiger partial charge on any atom is -0.367 e. The predicted molar refractivity (Wildman–Crippen MR) is 172 cm³/mol. The SMILES string of the molecule is CC(=C[C@H](C(C)C)N(C)C(=O)[C@@H](NC(=O)C1CCCCN1C(C)C)C(C)C)C(=O)N1CCN(c2ccccc2Cl)CC1. The summed E-state index contributed by atoms with van der Waals surface area (Å²) in [6.45, 7) is 17.6. The molecule has 0 aliphatic carbocycles. The molecule has 2 saturated heterocycles. The molecule has 234 valence electrons. The fourth-order valence-corrected chi connectivity index (χ4v) is 6.43. The highest BCUT2D eigenvalue weighted by molar-refractivity contribution is 6.33. The summed E-state index contributed by atoms with van der Waals surface area (Å²) < 4.78 is 0. The van der Waals surface area contributed by atoms with Crippen molar-refractivity contribution < 1.29 is 14.4 Å². The third-order valence-corrected chi connectivity index (χ3v) is 9.06. The van der Waals surface area contributed by atoms with E-state index in [1.165, 1.54) is 0 Å². The average molecular weight is 602 g/mol. The van der Waals surface area contributed by atoms with Crippen molar-refractivity contribution in [1.29, 1.82) is 0 Å². The summed E-state index contributed by atoms with van der Waals surface area (Å²) in [6.07, 6.45) is 4.84. The second-order valence-electron chi connectivity index (χ2n) is 12.8. The zero-order valence-corrected chi connectivity index (χ0v) is 27.7. The first kappa shape index (κ1) is 33.9. The normalized spacial score (nSPS) is 20.2. The third kappa shape index (κ3) is 8.28. The second kappa shape index (κ2) is 15.2. The van der Waals surface area contributed by atoms with Gasteiger partial charge in [-0.3, -0.25) is 19.3 Å². The van der Waals surface area contributed by atoms with Gasteiger partial charge in [-0.25, -0.2) is 0 Å². The molecule has 9 heteroatoms. The van der Waals surface area contributed by atoms with Crippen LogP contribution in [0.2, 0.25) is 5.02 Å². The number of para-hydroxylation sites is 1. The molecule has 2 aliphatic heterocycles. The van der Waals surface area contributed by atoms with Gasteiger partial charge in [0.1, 0.15) is 6.04 Å². The highest BCUT2D eigenvalue weighted by Gasteiger charge is 2.36. The van der Waals surface area contributed by atoms with E-state index >= 15 is 0 Å². The van der Waals surface area contributed by atoms with Gasteiger partial charge in [-0.05, 0) is 64.1 Å². The van der Waals surface area contributed by atoms with Crippen molar-refractivity contribution in [2.75, 3.05) is 44.7 Å². The van der Waals surface area contributed by atoms with Crippen LogP contribution >= 0.6 is 11.6 Å². The zero-order valence-electron chi connectivity index (χ0n) is 26.9. The Kier molecular flexibility index (Phi) is 12.3. The van der Waals surface area contributed by atoms with Crippen LogP contribution in [0.3, 0.4) is 0 Å². The van der Waals surface area contributed by atoms with E-state index in [4.69, 9.17) is 11.6 Å². The molecule has 0 spiro atoms. The Labute approximate surface area is 258 Å². The van der Waals surface area contributed by atoms with Gasteiger partial charge < -0.3 is 20.0 Å². The molecule has 2 heterocycles. The monoisotopic (exact) mass is 601 g/mol. The molecular formula is C33H52ClN5O3. The van der Waals surface area contributed by atoms with Crippen LogP contribution in [0, 0.1) is 11.8 Å². The van der Waals surface area contributed by atoms with Crippen molar-refractivity contribution in [1.82, 2.24) is 20.0 Å². The zero-order chi connectivity index (χ0) is 31.1. The van der Waals surface area contributed by atoms with Crippen molar-refractivity contribution >= 4 is 35.0 Å². The number of anilines is 1. The number of carbonyl (C=O) groups is 3. The van der Waals surface area contributed by atoms with Gasteiger partial charge in [-0.15, -0.1) is 0 Å². The number of halogens is 1. The summed E-state index contributed by atoms with van der Waals surface area (Å²) >= 11 is 6.39. The molecular weight excluding hydrogens is 550 g/mol. The number of piperidine rings is 1. The van der Waals surface area contributed by atoms with E-state index in [0.29, 0.717) is 36.8 Å². The largest absolute Gasteiger partial charge is 0.367 e. The molecule has 0 aromatic heterocycles. The first-order chi connectivity index (χ1) is 19.8. The van der Waals surface area contributed by atoms with Crippen LogP contribution in [0.5, 0.6) is 0 Å². The summed E-state index contributed by atoms with van der Waals surface area (Å²) in [5, 5.41) is 3.83. The van der Waals surface area contributed by atoms with E-state index in [1.54, 1.807) is 11.9 Å². The number of rotatable bonds is 10. The second-order valence-corrected chi connectivity index (χ2v) is 13.2. The number of piperazine rings is 1. The molecule has 0 radical (unpaired) electrons. The van der Waals surface area contributed by atoms with Crippen molar-refractivity contribution in [3.63, 3.8) is 0 Å². The van der Waals surface area contributed by atoms with Gasteiger partial charge in [-0.2, -0.15) is 0 Å².